The van der Waals surface area contributed by atoms with E-state index in [0.717, 1.165) is 5.56 Å². The van der Waals surface area contributed by atoms with Crippen LogP contribution in [0, 0.1) is 5.92 Å². The second-order valence-electron chi connectivity index (χ2n) is 7.14. The number of imide groups is 1. The number of carbonyl (C=O) groups excluding carboxylic acids is 4. The van der Waals surface area contributed by atoms with Crippen molar-refractivity contribution in [2.45, 2.75) is 26.4 Å². The van der Waals surface area contributed by atoms with Crippen LogP contribution in [0.15, 0.2) is 48.5 Å². The van der Waals surface area contributed by atoms with Crippen LogP contribution in [-0.2, 0) is 16.2 Å². The molecule has 3 amide bonds. The van der Waals surface area contributed by atoms with Gasteiger partial charge >= 0.3 is 5.97 Å². The molecule has 0 N–H and O–H groups in total. The van der Waals surface area contributed by atoms with Crippen LogP contribution in [0.5, 0.6) is 0 Å². The van der Waals surface area contributed by atoms with Crippen LogP contribution in [0.25, 0.3) is 0 Å². The second kappa shape index (κ2) is 6.60. The van der Waals surface area contributed by atoms with Crippen molar-refractivity contribution in [3.05, 3.63) is 70.8 Å². The Morgan fingerprint density at radius 2 is 1.39 bits per heavy atom. The minimum atomic E-state index is -0.927. The maximum absolute atomic E-state index is 12.9. The average molecular weight is 378 g/mol. The summed E-state index contributed by atoms with van der Waals surface area (Å²) in [5.74, 6) is -2.74. The van der Waals surface area contributed by atoms with E-state index in [9.17, 15) is 19.2 Å². The zero-order valence-corrected chi connectivity index (χ0v) is 15.4. The van der Waals surface area contributed by atoms with Gasteiger partial charge in [-0.3, -0.25) is 14.4 Å². The maximum Gasteiger partial charge on any atom is 0.355 e. The maximum atomic E-state index is 12.9. The highest BCUT2D eigenvalue weighted by Crippen LogP contribution is 2.29. The van der Waals surface area contributed by atoms with Gasteiger partial charge in [0, 0.05) is 12.1 Å². The van der Waals surface area contributed by atoms with E-state index >= 15 is 0 Å². The minimum Gasteiger partial charge on any atom is -0.327 e. The van der Waals surface area contributed by atoms with Crippen molar-refractivity contribution in [2.75, 3.05) is 0 Å². The van der Waals surface area contributed by atoms with Crippen LogP contribution in [0.3, 0.4) is 0 Å². The molecule has 0 saturated heterocycles. The summed E-state index contributed by atoms with van der Waals surface area (Å²) in [5.41, 5.74) is 1.74. The number of nitrogens with zero attached hydrogens (tertiary/aromatic N) is 2. The molecule has 28 heavy (non-hydrogen) atoms. The first-order chi connectivity index (χ1) is 13.4. The molecule has 0 aromatic heterocycles. The van der Waals surface area contributed by atoms with Crippen molar-refractivity contribution in [1.82, 2.24) is 9.96 Å². The third-order valence-electron chi connectivity index (χ3n) is 5.00. The lowest BCUT2D eigenvalue weighted by molar-refractivity contribution is -0.175. The molecule has 2 aliphatic heterocycles. The molecule has 7 heteroatoms. The van der Waals surface area contributed by atoms with Gasteiger partial charge in [0.1, 0.15) is 6.04 Å². The number of amides is 3. The van der Waals surface area contributed by atoms with E-state index in [0.29, 0.717) is 10.6 Å². The Labute approximate surface area is 161 Å². The lowest BCUT2D eigenvalue weighted by Crippen LogP contribution is -2.48. The summed E-state index contributed by atoms with van der Waals surface area (Å²) >= 11 is 0. The number of hydroxylamine groups is 2. The first kappa shape index (κ1) is 17.9. The van der Waals surface area contributed by atoms with Gasteiger partial charge in [0.2, 0.25) is 0 Å². The molecule has 0 bridgehead atoms. The molecule has 0 fully saturated rings. The first-order valence-electron chi connectivity index (χ1n) is 8.98. The summed E-state index contributed by atoms with van der Waals surface area (Å²) in [5, 5.41) is 0.482. The molecule has 0 saturated carbocycles. The van der Waals surface area contributed by atoms with Crippen LogP contribution in [0.4, 0.5) is 0 Å². The highest BCUT2D eigenvalue weighted by Gasteiger charge is 2.43. The predicted molar refractivity (Wildman–Crippen MR) is 98.0 cm³/mol. The largest absolute Gasteiger partial charge is 0.355 e. The highest BCUT2D eigenvalue weighted by atomic mass is 16.7. The van der Waals surface area contributed by atoms with Gasteiger partial charge in [-0.05, 0) is 29.7 Å². The number of benzene rings is 2. The quantitative estimate of drug-likeness (QED) is 0.763. The molecular formula is C21H18N2O5. The van der Waals surface area contributed by atoms with E-state index in [1.807, 2.05) is 12.1 Å². The summed E-state index contributed by atoms with van der Waals surface area (Å²) in [4.78, 5) is 57.2. The molecule has 0 aliphatic carbocycles. The molecule has 0 radical (unpaired) electrons. The van der Waals surface area contributed by atoms with E-state index < -0.39 is 23.8 Å². The first-order valence-corrected chi connectivity index (χ1v) is 8.98. The van der Waals surface area contributed by atoms with Crippen LogP contribution >= 0.6 is 0 Å². The Kier molecular flexibility index (Phi) is 4.22. The van der Waals surface area contributed by atoms with Crippen molar-refractivity contribution in [1.29, 1.82) is 0 Å². The zero-order chi connectivity index (χ0) is 20.0. The molecule has 142 valence electrons. The SMILES string of the molecule is CC(C)[C@@H](C(=O)ON1C(=O)c2ccccc2C1=O)N1Cc2ccccc2C1=O. The average Bonchev–Trinajstić information content (AvgIpc) is 3.12. The van der Waals surface area contributed by atoms with E-state index in [1.165, 1.54) is 17.0 Å². The van der Waals surface area contributed by atoms with Crippen LogP contribution in [0.2, 0.25) is 0 Å². The number of fused-ring (bicyclic) bond motifs is 2. The lowest BCUT2D eigenvalue weighted by atomic mass is 10.0. The Balaban J connectivity index is 1.58. The van der Waals surface area contributed by atoms with E-state index in [4.69, 9.17) is 4.84 Å². The molecule has 1 atom stereocenters. The molecule has 0 spiro atoms. The van der Waals surface area contributed by atoms with Crippen LogP contribution < -0.4 is 0 Å². The molecule has 4 rings (SSSR count). The van der Waals surface area contributed by atoms with Gasteiger partial charge in [-0.1, -0.05) is 49.2 Å². The summed E-state index contributed by atoms with van der Waals surface area (Å²) in [7, 11) is 0. The number of hydrogen-bond acceptors (Lipinski definition) is 5. The van der Waals surface area contributed by atoms with E-state index in [-0.39, 0.29) is 29.5 Å². The minimum absolute atomic E-state index is 0.186. The van der Waals surface area contributed by atoms with Crippen molar-refractivity contribution in [3.8, 4) is 0 Å². The van der Waals surface area contributed by atoms with Gasteiger partial charge in [0.15, 0.2) is 0 Å². The summed E-state index contributed by atoms with van der Waals surface area (Å²) in [6.07, 6.45) is 0. The fraction of sp³-hybridized carbons (Fsp3) is 0.238. The highest BCUT2D eigenvalue weighted by molar-refractivity contribution is 6.21. The van der Waals surface area contributed by atoms with Gasteiger partial charge in [0.05, 0.1) is 11.1 Å². The Bertz CT molecular complexity index is 978. The fourth-order valence-electron chi connectivity index (χ4n) is 3.65. The Morgan fingerprint density at radius 3 is 1.93 bits per heavy atom. The van der Waals surface area contributed by atoms with Gasteiger partial charge < -0.3 is 9.74 Å². The molecular weight excluding hydrogens is 360 g/mol. The molecule has 2 aliphatic rings. The Morgan fingerprint density at radius 1 is 0.857 bits per heavy atom. The zero-order valence-electron chi connectivity index (χ0n) is 15.4. The summed E-state index contributed by atoms with van der Waals surface area (Å²) in [6, 6.07) is 12.5. The molecule has 2 aromatic carbocycles. The number of carbonyl (C=O) groups is 4. The van der Waals surface area contributed by atoms with Gasteiger partial charge in [-0.2, -0.15) is 0 Å². The van der Waals surface area contributed by atoms with Crippen molar-refractivity contribution < 1.29 is 24.0 Å². The number of rotatable bonds is 4. The van der Waals surface area contributed by atoms with Gasteiger partial charge in [-0.15, -0.1) is 0 Å². The third-order valence-corrected chi connectivity index (χ3v) is 5.00. The third kappa shape index (κ3) is 2.67. The monoisotopic (exact) mass is 378 g/mol. The fourth-order valence-corrected chi connectivity index (χ4v) is 3.65. The van der Waals surface area contributed by atoms with Crippen LogP contribution in [-0.4, -0.2) is 39.7 Å². The van der Waals surface area contributed by atoms with Crippen molar-refractivity contribution >= 4 is 23.7 Å². The standard InChI is InChI=1S/C21H18N2O5/c1-12(2)17(22-11-13-7-3-4-8-14(13)18(22)24)21(27)28-23-19(25)15-9-5-6-10-16(15)20(23)26/h3-10,12,17H,11H2,1-2H3/t17-/m0/s1. The van der Waals surface area contributed by atoms with Crippen LogP contribution in [0.1, 0.15) is 50.5 Å². The lowest BCUT2D eigenvalue weighted by Gasteiger charge is -2.29. The van der Waals surface area contributed by atoms with Gasteiger partial charge in [0.25, 0.3) is 17.7 Å². The van der Waals surface area contributed by atoms with Crippen molar-refractivity contribution in [2.24, 2.45) is 5.92 Å². The second-order valence-corrected chi connectivity index (χ2v) is 7.14. The summed E-state index contributed by atoms with van der Waals surface area (Å²) < 4.78 is 0. The summed E-state index contributed by atoms with van der Waals surface area (Å²) in [6.45, 7) is 3.84. The molecule has 2 aromatic rings. The predicted octanol–water partition coefficient (Wildman–Crippen LogP) is 2.42. The van der Waals surface area contributed by atoms with E-state index in [1.54, 1.807) is 38.1 Å². The molecule has 0 unspecified atom stereocenters. The smallest absolute Gasteiger partial charge is 0.327 e. The van der Waals surface area contributed by atoms with Crippen molar-refractivity contribution in [3.63, 3.8) is 0 Å². The van der Waals surface area contributed by atoms with E-state index in [2.05, 4.69) is 0 Å². The number of hydrogen-bond donors (Lipinski definition) is 0. The van der Waals surface area contributed by atoms with Gasteiger partial charge in [-0.25, -0.2) is 4.79 Å². The Hall–Kier alpha value is -3.48. The topological polar surface area (TPSA) is 84.0 Å². The normalized spacial score (nSPS) is 16.5. The molecule has 7 nitrogen and oxygen atoms in total. The molecule has 2 heterocycles.